The molecule has 0 aromatic rings. The Labute approximate surface area is 174 Å². The topological polar surface area (TPSA) is 133 Å². The maximum Gasteiger partial charge on any atom is 0.150 e. The zero-order valence-corrected chi connectivity index (χ0v) is 17.7. The van der Waals surface area contributed by atoms with E-state index in [0.29, 0.717) is 24.1 Å². The average molecular weight is 391 g/mol. The van der Waals surface area contributed by atoms with Crippen molar-refractivity contribution in [2.24, 2.45) is 16.6 Å². The third-order valence-corrected chi connectivity index (χ3v) is 6.78. The largest absolute Gasteiger partial charge is 0.400 e. The molecule has 0 aromatic carbocycles. The van der Waals surface area contributed by atoms with Crippen LogP contribution in [0.25, 0.3) is 0 Å². The quantitative estimate of drug-likeness (QED) is 0.464. The Balaban J connectivity index is 2.80. The van der Waals surface area contributed by atoms with E-state index in [1.807, 2.05) is 19.1 Å². The number of fused-ring (bicyclic) bond motifs is 2. The first-order valence-electron chi connectivity index (χ1n) is 10.5. The molecule has 0 saturated carbocycles. The van der Waals surface area contributed by atoms with E-state index in [2.05, 4.69) is 31.3 Å². The van der Waals surface area contributed by atoms with Gasteiger partial charge in [0.05, 0.1) is 34.6 Å². The van der Waals surface area contributed by atoms with Gasteiger partial charge in [0.25, 0.3) is 0 Å². The molecule has 3 atom stereocenters. The lowest BCUT2D eigenvalue weighted by molar-refractivity contribution is 0.0351. The van der Waals surface area contributed by atoms with Crippen molar-refractivity contribution in [2.75, 3.05) is 0 Å². The third-order valence-electron chi connectivity index (χ3n) is 6.78. The number of nitrogens with two attached hydrogens (primary N) is 1. The molecule has 3 N–H and O–H groups in total. The van der Waals surface area contributed by atoms with E-state index in [9.17, 15) is 21.0 Å². The molecular weight excluding hydrogens is 360 g/mol. The van der Waals surface area contributed by atoms with E-state index in [-0.39, 0.29) is 11.3 Å². The highest BCUT2D eigenvalue weighted by molar-refractivity contribution is 5.61. The first kappa shape index (κ1) is 22.3. The van der Waals surface area contributed by atoms with Crippen molar-refractivity contribution in [3.63, 3.8) is 0 Å². The smallest absolute Gasteiger partial charge is 0.150 e. The lowest BCUT2D eigenvalue weighted by Gasteiger charge is -2.61. The molecule has 0 amide bonds. The van der Waals surface area contributed by atoms with Crippen LogP contribution in [0.3, 0.4) is 0 Å². The van der Waals surface area contributed by atoms with Crippen LogP contribution in [-0.2, 0) is 0 Å². The zero-order chi connectivity index (χ0) is 21.7. The number of unbranched alkanes of at least 4 members (excludes halogenated alkanes) is 4. The maximum atomic E-state index is 10.4. The van der Waals surface area contributed by atoms with Crippen LogP contribution < -0.4 is 11.1 Å². The fraction of sp³-hybridized carbons (Fsp3) is 0.652. The molecule has 3 rings (SSSR count). The second-order valence-electron chi connectivity index (χ2n) is 8.59. The van der Waals surface area contributed by atoms with Crippen molar-refractivity contribution in [3.05, 3.63) is 22.5 Å². The predicted molar refractivity (Wildman–Crippen MR) is 110 cm³/mol. The van der Waals surface area contributed by atoms with E-state index < -0.39 is 16.4 Å². The van der Waals surface area contributed by atoms with Crippen LogP contribution in [0.15, 0.2) is 22.5 Å². The lowest BCUT2D eigenvalue weighted by atomic mass is 9.46. The summed E-state index contributed by atoms with van der Waals surface area (Å²) in [4.78, 5) is 0. The number of allylic oxidation sites excluding steroid dienone is 1. The monoisotopic (exact) mass is 390 g/mol. The number of hydrogen-bond donors (Lipinski definition) is 2. The molecule has 6 heteroatoms. The van der Waals surface area contributed by atoms with E-state index in [0.717, 1.165) is 44.9 Å². The fourth-order valence-electron chi connectivity index (χ4n) is 5.33. The number of piperidine rings is 1. The Bertz CT molecular complexity index is 870. The summed E-state index contributed by atoms with van der Waals surface area (Å²) in [5.41, 5.74) is 4.71. The number of nitriles is 4. The number of rotatable bonds is 8. The molecule has 1 saturated heterocycles. The number of nitrogens with one attached hydrogen (secondary N) is 1. The van der Waals surface area contributed by atoms with E-state index in [1.54, 1.807) is 0 Å². The van der Waals surface area contributed by atoms with E-state index >= 15 is 0 Å². The SMILES string of the molecule is CCCCC[C@@]12C[C@@](C)(CCCCC)[C@@](C#N)(C(N)=C1C#N)C(=C(C#N)C#N)N2. The van der Waals surface area contributed by atoms with Gasteiger partial charge in [0.15, 0.2) is 5.57 Å². The number of nitrogens with zero attached hydrogens (tertiary/aromatic N) is 4. The Morgan fingerprint density at radius 2 is 1.59 bits per heavy atom. The summed E-state index contributed by atoms with van der Waals surface area (Å²) in [5, 5.41) is 42.9. The van der Waals surface area contributed by atoms with Crippen LogP contribution in [0.4, 0.5) is 0 Å². The molecule has 0 unspecified atom stereocenters. The molecule has 0 radical (unpaired) electrons. The average Bonchev–Trinajstić information content (AvgIpc) is 2.69. The van der Waals surface area contributed by atoms with Gasteiger partial charge in [-0.2, -0.15) is 21.0 Å². The minimum Gasteiger partial charge on any atom is -0.400 e. The van der Waals surface area contributed by atoms with Gasteiger partial charge < -0.3 is 11.1 Å². The molecule has 6 nitrogen and oxygen atoms in total. The van der Waals surface area contributed by atoms with Gasteiger partial charge >= 0.3 is 0 Å². The summed E-state index contributed by atoms with van der Waals surface area (Å²) in [5.74, 6) is 0. The van der Waals surface area contributed by atoms with Gasteiger partial charge in [-0.25, -0.2) is 0 Å². The highest BCUT2D eigenvalue weighted by Crippen LogP contribution is 2.64. The second kappa shape index (κ2) is 8.59. The van der Waals surface area contributed by atoms with Gasteiger partial charge in [-0.3, -0.25) is 0 Å². The summed E-state index contributed by atoms with van der Waals surface area (Å²) < 4.78 is 0. The molecule has 0 aromatic heterocycles. The molecule has 1 fully saturated rings. The number of hydrogen-bond acceptors (Lipinski definition) is 6. The molecule has 2 aliphatic heterocycles. The lowest BCUT2D eigenvalue weighted by Crippen LogP contribution is -2.68. The van der Waals surface area contributed by atoms with Crippen LogP contribution in [0.2, 0.25) is 0 Å². The Hall–Kier alpha value is -2.96. The second-order valence-corrected chi connectivity index (χ2v) is 8.59. The molecular formula is C23H30N6. The van der Waals surface area contributed by atoms with Gasteiger partial charge in [0.1, 0.15) is 17.6 Å². The highest BCUT2D eigenvalue weighted by Gasteiger charge is 2.67. The van der Waals surface area contributed by atoms with Crippen molar-refractivity contribution >= 4 is 0 Å². The van der Waals surface area contributed by atoms with Crippen molar-refractivity contribution < 1.29 is 0 Å². The summed E-state index contributed by atoms with van der Waals surface area (Å²) in [6.45, 7) is 6.28. The summed E-state index contributed by atoms with van der Waals surface area (Å²) in [6.07, 6.45) is 7.99. The normalized spacial score (nSPS) is 30.0. The third kappa shape index (κ3) is 3.24. The van der Waals surface area contributed by atoms with Crippen LogP contribution >= 0.6 is 0 Å². The minimum atomic E-state index is -1.36. The zero-order valence-electron chi connectivity index (χ0n) is 17.7. The molecule has 29 heavy (non-hydrogen) atoms. The van der Waals surface area contributed by atoms with Crippen molar-refractivity contribution in [1.29, 1.82) is 21.0 Å². The molecule has 2 heterocycles. The molecule has 3 aliphatic rings. The van der Waals surface area contributed by atoms with Crippen LogP contribution in [0.5, 0.6) is 0 Å². The van der Waals surface area contributed by atoms with Crippen molar-refractivity contribution in [1.82, 2.24) is 5.32 Å². The maximum absolute atomic E-state index is 10.4. The van der Waals surface area contributed by atoms with Crippen LogP contribution in [0.1, 0.15) is 78.6 Å². The Morgan fingerprint density at radius 3 is 2.07 bits per heavy atom. The highest BCUT2D eigenvalue weighted by atomic mass is 15.1. The first-order valence-corrected chi connectivity index (χ1v) is 10.5. The predicted octanol–water partition coefficient (Wildman–Crippen LogP) is 4.45. The van der Waals surface area contributed by atoms with Gasteiger partial charge in [0.2, 0.25) is 0 Å². The fourth-order valence-corrected chi connectivity index (χ4v) is 5.33. The Kier molecular flexibility index (Phi) is 6.62. The molecule has 2 bridgehead atoms. The Morgan fingerprint density at radius 1 is 1.00 bits per heavy atom. The van der Waals surface area contributed by atoms with Gasteiger partial charge in [-0.15, -0.1) is 0 Å². The summed E-state index contributed by atoms with van der Waals surface area (Å²) in [6, 6.07) is 8.53. The standard InChI is InChI=1S/C23H30N6/c1-4-6-8-10-21(3)15-22(11-9-7-5-2)18(14-26)19(28)23(21,16-27)20(29-22)17(12-24)13-25/h29H,4-11,15,28H2,1-3H3/t21-,22-,23+/m1/s1. The molecule has 0 spiro atoms. The van der Waals surface area contributed by atoms with Gasteiger partial charge in [-0.1, -0.05) is 59.3 Å². The molecule has 1 aliphatic carbocycles. The van der Waals surface area contributed by atoms with Gasteiger partial charge in [0, 0.05) is 5.41 Å². The van der Waals surface area contributed by atoms with E-state index in [1.165, 1.54) is 0 Å². The minimum absolute atomic E-state index is 0.118. The summed E-state index contributed by atoms with van der Waals surface area (Å²) >= 11 is 0. The molecule has 152 valence electrons. The van der Waals surface area contributed by atoms with Crippen LogP contribution in [-0.4, -0.2) is 5.54 Å². The van der Waals surface area contributed by atoms with Gasteiger partial charge in [-0.05, 0) is 19.3 Å². The van der Waals surface area contributed by atoms with Crippen LogP contribution in [0, 0.1) is 56.2 Å². The van der Waals surface area contributed by atoms with E-state index in [4.69, 9.17) is 5.73 Å². The van der Waals surface area contributed by atoms with Crippen molar-refractivity contribution in [3.8, 4) is 24.3 Å². The summed E-state index contributed by atoms with van der Waals surface area (Å²) in [7, 11) is 0. The van der Waals surface area contributed by atoms with Crippen molar-refractivity contribution in [2.45, 2.75) is 84.1 Å². The first-order chi connectivity index (χ1) is 13.9.